The largest absolute Gasteiger partial charge is 0.465 e. The van der Waals surface area contributed by atoms with Crippen molar-refractivity contribution in [2.24, 2.45) is 0 Å². The van der Waals surface area contributed by atoms with Crippen LogP contribution in [0.2, 0.25) is 0 Å². The molecule has 2 rings (SSSR count). The third kappa shape index (κ3) is 2.38. The molecule has 0 saturated carbocycles. The van der Waals surface area contributed by atoms with E-state index in [0.29, 0.717) is 19.6 Å². The molecule has 0 radical (unpaired) electrons. The summed E-state index contributed by atoms with van der Waals surface area (Å²) in [5.41, 5.74) is 0.192. The van der Waals surface area contributed by atoms with Crippen molar-refractivity contribution in [2.45, 2.75) is 11.3 Å². The summed E-state index contributed by atoms with van der Waals surface area (Å²) in [4.78, 5) is 16.4. The minimum absolute atomic E-state index is 0.0206. The lowest BCUT2D eigenvalue weighted by molar-refractivity contribution is -0.0284. The summed E-state index contributed by atoms with van der Waals surface area (Å²) in [5.74, 6) is -0.575. The first-order valence-corrected chi connectivity index (χ1v) is 6.84. The second-order valence-corrected chi connectivity index (χ2v) is 5.57. The fraction of sp³-hybridized carbons (Fsp3) is 0.364. The molecule has 1 aromatic rings. The molecule has 1 aliphatic heterocycles. The molecule has 0 amide bonds. The van der Waals surface area contributed by atoms with Gasteiger partial charge in [-0.05, 0) is 24.6 Å². The number of esters is 1. The molecule has 0 atom stereocenters. The van der Waals surface area contributed by atoms with Crippen molar-refractivity contribution in [2.75, 3.05) is 20.3 Å². The number of hydrogen-bond donors (Lipinski definition) is 0. The Hall–Kier alpha value is -1.44. The average molecular weight is 271 g/mol. The van der Waals surface area contributed by atoms with E-state index in [0.717, 1.165) is 4.47 Å². The molecule has 1 aromatic carbocycles. The van der Waals surface area contributed by atoms with E-state index in [1.54, 1.807) is 0 Å². The van der Waals surface area contributed by atoms with E-state index in [1.165, 1.54) is 31.4 Å². The molecule has 0 aromatic heterocycles. The van der Waals surface area contributed by atoms with Crippen LogP contribution in [0.1, 0.15) is 16.8 Å². The standard InChI is InChI=1S/C11H13NO5S/c1-16-11(13)9-4-2-5-10(8-9)18(14,15)12-6-3-7-17-12/h2,4-5,8H,3,6-7H2,1H3. The summed E-state index contributed by atoms with van der Waals surface area (Å²) in [6, 6.07) is 5.69. The van der Waals surface area contributed by atoms with Gasteiger partial charge in [0, 0.05) is 6.54 Å². The fourth-order valence-corrected chi connectivity index (χ4v) is 2.98. The lowest BCUT2D eigenvalue weighted by atomic mass is 10.2. The van der Waals surface area contributed by atoms with Crippen molar-refractivity contribution < 1.29 is 22.8 Å². The van der Waals surface area contributed by atoms with Crippen LogP contribution < -0.4 is 0 Å². The van der Waals surface area contributed by atoms with Gasteiger partial charge < -0.3 is 4.74 Å². The molecule has 0 N–H and O–H groups in total. The first kappa shape index (κ1) is 13.0. The van der Waals surface area contributed by atoms with Crippen molar-refractivity contribution in [3.05, 3.63) is 29.8 Å². The van der Waals surface area contributed by atoms with Crippen molar-refractivity contribution in [1.82, 2.24) is 4.47 Å². The van der Waals surface area contributed by atoms with E-state index in [-0.39, 0.29) is 10.5 Å². The van der Waals surface area contributed by atoms with Crippen molar-refractivity contribution in [3.8, 4) is 0 Å². The summed E-state index contributed by atoms with van der Waals surface area (Å²) in [7, 11) is -2.46. The zero-order valence-electron chi connectivity index (χ0n) is 9.83. The molecule has 0 bridgehead atoms. The minimum Gasteiger partial charge on any atom is -0.465 e. The van der Waals surface area contributed by atoms with Gasteiger partial charge in [0.2, 0.25) is 0 Å². The van der Waals surface area contributed by atoms with Gasteiger partial charge in [-0.15, -0.1) is 0 Å². The van der Waals surface area contributed by atoms with Crippen LogP contribution in [0.25, 0.3) is 0 Å². The van der Waals surface area contributed by atoms with E-state index < -0.39 is 16.0 Å². The second-order valence-electron chi connectivity index (χ2n) is 3.74. The van der Waals surface area contributed by atoms with E-state index >= 15 is 0 Å². The Balaban J connectivity index is 2.35. The normalized spacial score (nSPS) is 16.7. The van der Waals surface area contributed by atoms with Gasteiger partial charge in [0.15, 0.2) is 0 Å². The second kappa shape index (κ2) is 5.05. The number of methoxy groups -OCH3 is 1. The van der Waals surface area contributed by atoms with Gasteiger partial charge in [0.25, 0.3) is 10.0 Å². The van der Waals surface area contributed by atoms with Crippen LogP contribution in [0.15, 0.2) is 29.2 Å². The zero-order chi connectivity index (χ0) is 13.2. The number of sulfonamides is 1. The van der Waals surface area contributed by atoms with Gasteiger partial charge in [-0.1, -0.05) is 10.5 Å². The van der Waals surface area contributed by atoms with Gasteiger partial charge in [-0.2, -0.15) is 0 Å². The predicted octanol–water partition coefficient (Wildman–Crippen LogP) is 0.799. The Morgan fingerprint density at radius 3 is 2.83 bits per heavy atom. The Bertz CT molecular complexity index is 548. The maximum absolute atomic E-state index is 12.1. The highest BCUT2D eigenvalue weighted by molar-refractivity contribution is 7.89. The highest BCUT2D eigenvalue weighted by atomic mass is 32.2. The first-order valence-electron chi connectivity index (χ1n) is 5.40. The smallest absolute Gasteiger partial charge is 0.337 e. The SMILES string of the molecule is COC(=O)c1cccc(S(=O)(=O)N2CCCO2)c1. The molecule has 0 spiro atoms. The van der Waals surface area contributed by atoms with Crippen LogP contribution in [-0.4, -0.2) is 39.1 Å². The van der Waals surface area contributed by atoms with Crippen LogP contribution >= 0.6 is 0 Å². The minimum atomic E-state index is -3.70. The van der Waals surface area contributed by atoms with Crippen molar-refractivity contribution in [1.29, 1.82) is 0 Å². The third-order valence-corrected chi connectivity index (χ3v) is 4.22. The van der Waals surface area contributed by atoms with Gasteiger partial charge >= 0.3 is 5.97 Å². The Kier molecular flexibility index (Phi) is 3.65. The Morgan fingerprint density at radius 2 is 2.22 bits per heavy atom. The number of ether oxygens (including phenoxy) is 1. The lowest BCUT2D eigenvalue weighted by Gasteiger charge is -2.14. The van der Waals surface area contributed by atoms with E-state index in [1.807, 2.05) is 0 Å². The average Bonchev–Trinajstić information content (AvgIpc) is 2.92. The number of carbonyl (C=O) groups is 1. The summed E-state index contributed by atoms with van der Waals surface area (Å²) in [6.07, 6.45) is 0.663. The van der Waals surface area contributed by atoms with Crippen LogP contribution in [0.3, 0.4) is 0 Å². The topological polar surface area (TPSA) is 72.9 Å². The summed E-state index contributed by atoms with van der Waals surface area (Å²) >= 11 is 0. The first-order chi connectivity index (χ1) is 8.55. The van der Waals surface area contributed by atoms with Crippen LogP contribution in [0, 0.1) is 0 Å². The van der Waals surface area contributed by atoms with Gasteiger partial charge in [0.05, 0.1) is 24.2 Å². The Labute approximate surface area is 105 Å². The quantitative estimate of drug-likeness (QED) is 0.760. The van der Waals surface area contributed by atoms with E-state index in [4.69, 9.17) is 4.84 Å². The number of hydroxylamine groups is 1. The molecular formula is C11H13NO5S. The molecule has 1 aliphatic rings. The lowest BCUT2D eigenvalue weighted by Crippen LogP contribution is -2.27. The predicted molar refractivity (Wildman–Crippen MR) is 62.2 cm³/mol. The number of hydrogen-bond acceptors (Lipinski definition) is 5. The molecule has 0 unspecified atom stereocenters. The summed E-state index contributed by atoms with van der Waals surface area (Å²) in [5, 5.41) is 0. The molecular weight excluding hydrogens is 258 g/mol. The van der Waals surface area contributed by atoms with Gasteiger partial charge in [-0.3, -0.25) is 4.84 Å². The maximum Gasteiger partial charge on any atom is 0.337 e. The molecule has 1 saturated heterocycles. The molecule has 98 valence electrons. The highest BCUT2D eigenvalue weighted by Crippen LogP contribution is 2.20. The number of carbonyl (C=O) groups excluding carboxylic acids is 1. The number of nitrogens with zero attached hydrogens (tertiary/aromatic N) is 1. The molecule has 1 fully saturated rings. The number of rotatable bonds is 3. The van der Waals surface area contributed by atoms with Gasteiger partial charge in [-0.25, -0.2) is 13.2 Å². The summed E-state index contributed by atoms with van der Waals surface area (Å²) < 4.78 is 29.8. The highest BCUT2D eigenvalue weighted by Gasteiger charge is 2.29. The Morgan fingerprint density at radius 1 is 1.44 bits per heavy atom. The third-order valence-electron chi connectivity index (χ3n) is 2.54. The van der Waals surface area contributed by atoms with Crippen molar-refractivity contribution >= 4 is 16.0 Å². The molecule has 0 aliphatic carbocycles. The van der Waals surface area contributed by atoms with E-state index in [9.17, 15) is 13.2 Å². The van der Waals surface area contributed by atoms with Crippen LogP contribution in [-0.2, 0) is 19.6 Å². The molecule has 1 heterocycles. The van der Waals surface area contributed by atoms with Crippen LogP contribution in [0.5, 0.6) is 0 Å². The van der Waals surface area contributed by atoms with E-state index in [2.05, 4.69) is 4.74 Å². The fourth-order valence-electron chi connectivity index (χ4n) is 1.63. The maximum atomic E-state index is 12.1. The molecule has 7 heteroatoms. The van der Waals surface area contributed by atoms with Gasteiger partial charge in [0.1, 0.15) is 0 Å². The summed E-state index contributed by atoms with van der Waals surface area (Å²) in [6.45, 7) is 0.709. The van der Waals surface area contributed by atoms with Crippen LogP contribution in [0.4, 0.5) is 0 Å². The molecule has 6 nitrogen and oxygen atoms in total. The molecule has 18 heavy (non-hydrogen) atoms. The zero-order valence-corrected chi connectivity index (χ0v) is 10.6. The van der Waals surface area contributed by atoms with Crippen molar-refractivity contribution in [3.63, 3.8) is 0 Å². The monoisotopic (exact) mass is 271 g/mol. The number of benzene rings is 1.